The van der Waals surface area contributed by atoms with Crippen LogP contribution in [0.1, 0.15) is 48.5 Å². The monoisotopic (exact) mass is 412 g/mol. The molecule has 1 N–H and O–H groups in total. The summed E-state index contributed by atoms with van der Waals surface area (Å²) in [6.45, 7) is 9.39. The van der Waals surface area contributed by atoms with Crippen LogP contribution in [0.5, 0.6) is 0 Å². The highest BCUT2D eigenvalue weighted by Crippen LogP contribution is 2.56. The van der Waals surface area contributed by atoms with Gasteiger partial charge in [-0.2, -0.15) is 0 Å². The maximum absolute atomic E-state index is 12.9. The summed E-state index contributed by atoms with van der Waals surface area (Å²) in [4.78, 5) is 25.2. The van der Waals surface area contributed by atoms with Crippen molar-refractivity contribution in [1.82, 2.24) is 9.99 Å². The number of nitrogens with one attached hydrogen (secondary N) is 1. The fourth-order valence-corrected chi connectivity index (χ4v) is 5.58. The lowest BCUT2D eigenvalue weighted by Crippen LogP contribution is -2.36. The van der Waals surface area contributed by atoms with Crippen LogP contribution in [0.3, 0.4) is 0 Å². The van der Waals surface area contributed by atoms with Crippen molar-refractivity contribution in [2.24, 2.45) is 0 Å². The summed E-state index contributed by atoms with van der Waals surface area (Å²) in [5, 5.41) is 2.73. The van der Waals surface area contributed by atoms with Crippen molar-refractivity contribution in [3.63, 3.8) is 0 Å². The van der Waals surface area contributed by atoms with E-state index < -0.39 is 30.4 Å². The van der Waals surface area contributed by atoms with Gasteiger partial charge in [-0.15, -0.1) is 0 Å². The molecule has 0 radical (unpaired) electrons. The molecule has 0 aromatic heterocycles. The first kappa shape index (κ1) is 25.2. The molecule has 0 unspecified atom stereocenters. The molecule has 0 aromatic carbocycles. The van der Waals surface area contributed by atoms with Crippen molar-refractivity contribution < 1.29 is 28.2 Å². The molecular formula is C16H33N2O6PS. The van der Waals surface area contributed by atoms with Crippen LogP contribution in [0, 0.1) is 0 Å². The van der Waals surface area contributed by atoms with Crippen molar-refractivity contribution in [3.8, 4) is 0 Å². The summed E-state index contributed by atoms with van der Waals surface area (Å²) in [5.74, 6) is -0.141. The van der Waals surface area contributed by atoms with E-state index in [2.05, 4.69) is 5.09 Å². The first-order valence-corrected chi connectivity index (χ1v) is 11.8. The zero-order valence-electron chi connectivity index (χ0n) is 17.0. The van der Waals surface area contributed by atoms with E-state index in [-0.39, 0.29) is 12.7 Å². The third-order valence-corrected chi connectivity index (χ3v) is 6.96. The zero-order valence-corrected chi connectivity index (χ0v) is 18.7. The Morgan fingerprint density at radius 3 is 2.27 bits per heavy atom. The van der Waals surface area contributed by atoms with E-state index >= 15 is 0 Å². The number of carbonyl (C=O) groups excluding carboxylic acids is 2. The van der Waals surface area contributed by atoms with Gasteiger partial charge in [0.1, 0.15) is 11.6 Å². The minimum atomic E-state index is -3.31. The lowest BCUT2D eigenvalue weighted by molar-refractivity contribution is -0.149. The molecule has 26 heavy (non-hydrogen) atoms. The van der Waals surface area contributed by atoms with Gasteiger partial charge < -0.3 is 18.9 Å². The highest BCUT2D eigenvalue weighted by atomic mass is 32.7. The number of nitrogens with zero attached hydrogens (tertiary/aromatic N) is 1. The van der Waals surface area contributed by atoms with Crippen molar-refractivity contribution in [1.29, 1.82) is 0 Å². The molecule has 0 fully saturated rings. The number of hydrogen-bond donors (Lipinski definition) is 1. The van der Waals surface area contributed by atoms with Crippen molar-refractivity contribution in [2.45, 2.75) is 66.2 Å². The topological polar surface area (TPSA) is 94.2 Å². The lowest BCUT2D eigenvalue weighted by atomic mass is 10.2. The Kier molecular flexibility index (Phi) is 10.8. The second kappa shape index (κ2) is 11.2. The highest BCUT2D eigenvalue weighted by molar-refractivity contribution is 8.56. The summed E-state index contributed by atoms with van der Waals surface area (Å²) < 4.78 is 28.6. The number of amides is 1. The first-order valence-electron chi connectivity index (χ1n) is 8.61. The third kappa shape index (κ3) is 11.1. The standard InChI is InChI=1S/C16H33N2O6PS/c1-9-22-25(21,17-13(4)14(19)23-12(2)3)26-11-10-18(8)15(20)24-16(5,6)7/h12-13H,9-11H2,1-8H3,(H,17,21)/t13-,25+/m0/s1. The molecule has 2 atom stereocenters. The second-order valence-electron chi connectivity index (χ2n) is 6.99. The molecular weight excluding hydrogens is 379 g/mol. The molecule has 10 heteroatoms. The molecule has 0 saturated heterocycles. The first-order chi connectivity index (χ1) is 11.8. The summed E-state index contributed by atoms with van der Waals surface area (Å²) in [7, 11) is 1.61. The van der Waals surface area contributed by atoms with Gasteiger partial charge in [0.15, 0.2) is 0 Å². The molecule has 0 saturated carbocycles. The highest BCUT2D eigenvalue weighted by Gasteiger charge is 2.30. The van der Waals surface area contributed by atoms with E-state index in [1.165, 1.54) is 4.90 Å². The van der Waals surface area contributed by atoms with E-state index in [1.807, 2.05) is 0 Å². The van der Waals surface area contributed by atoms with Gasteiger partial charge in [-0.1, -0.05) is 11.4 Å². The molecule has 1 amide bonds. The summed E-state index contributed by atoms with van der Waals surface area (Å²) in [6.07, 6.45) is -0.709. The Labute approximate surface area is 160 Å². The predicted octanol–water partition coefficient (Wildman–Crippen LogP) is 3.66. The Morgan fingerprint density at radius 1 is 1.23 bits per heavy atom. The number of hydrogen-bond acceptors (Lipinski definition) is 7. The molecule has 8 nitrogen and oxygen atoms in total. The maximum Gasteiger partial charge on any atom is 0.410 e. The van der Waals surface area contributed by atoms with Gasteiger partial charge in [0.2, 0.25) is 0 Å². The fourth-order valence-electron chi connectivity index (χ4n) is 1.64. The molecule has 0 aliphatic rings. The molecule has 0 heterocycles. The summed E-state index contributed by atoms with van der Waals surface area (Å²) >= 11 is 1.04. The predicted molar refractivity (Wildman–Crippen MR) is 104 cm³/mol. The molecule has 0 aromatic rings. The molecule has 0 aliphatic heterocycles. The minimum Gasteiger partial charge on any atom is -0.462 e. The Morgan fingerprint density at radius 2 is 1.81 bits per heavy atom. The number of rotatable bonds is 10. The quantitative estimate of drug-likeness (QED) is 0.429. The average molecular weight is 412 g/mol. The van der Waals surface area contributed by atoms with Crippen LogP contribution in [0.25, 0.3) is 0 Å². The van der Waals surface area contributed by atoms with E-state index in [4.69, 9.17) is 14.0 Å². The number of ether oxygens (including phenoxy) is 2. The maximum atomic E-state index is 12.9. The van der Waals surface area contributed by atoms with Gasteiger partial charge in [0, 0.05) is 19.3 Å². The van der Waals surface area contributed by atoms with Crippen molar-refractivity contribution in [2.75, 3.05) is 26.0 Å². The van der Waals surface area contributed by atoms with E-state index in [1.54, 1.807) is 55.5 Å². The van der Waals surface area contributed by atoms with Gasteiger partial charge in [0.25, 0.3) is 0 Å². The SMILES string of the molecule is CCO[P@](=O)(N[C@@H](C)C(=O)OC(C)C)SCCN(C)C(=O)OC(C)(C)C. The van der Waals surface area contributed by atoms with Crippen molar-refractivity contribution in [3.05, 3.63) is 0 Å². The smallest absolute Gasteiger partial charge is 0.410 e. The number of carbonyl (C=O) groups is 2. The molecule has 0 rings (SSSR count). The third-order valence-electron chi connectivity index (χ3n) is 2.75. The van der Waals surface area contributed by atoms with E-state index in [9.17, 15) is 14.2 Å². The second-order valence-corrected chi connectivity index (χ2v) is 11.4. The Bertz CT molecular complexity index is 509. The lowest BCUT2D eigenvalue weighted by Gasteiger charge is -2.25. The molecule has 154 valence electrons. The molecule has 0 bridgehead atoms. The normalized spacial score (nSPS) is 15.3. The molecule has 0 aliphatic carbocycles. The van der Waals surface area contributed by atoms with Crippen molar-refractivity contribution >= 4 is 30.2 Å². The van der Waals surface area contributed by atoms with Crippen LogP contribution in [0.15, 0.2) is 0 Å². The Balaban J connectivity index is 4.64. The summed E-state index contributed by atoms with van der Waals surface area (Å²) in [6, 6.07) is -0.772. The van der Waals surface area contributed by atoms with Gasteiger partial charge in [0.05, 0.1) is 12.7 Å². The van der Waals surface area contributed by atoms with E-state index in [0.29, 0.717) is 12.3 Å². The van der Waals surface area contributed by atoms with Crippen LogP contribution >= 0.6 is 18.1 Å². The van der Waals surface area contributed by atoms with Gasteiger partial charge in [-0.25, -0.2) is 9.88 Å². The summed E-state index contributed by atoms with van der Waals surface area (Å²) in [5.41, 5.74) is -0.577. The zero-order chi connectivity index (χ0) is 20.5. The van der Waals surface area contributed by atoms with Crippen LogP contribution in [0.4, 0.5) is 4.79 Å². The average Bonchev–Trinajstić information content (AvgIpc) is 2.44. The van der Waals surface area contributed by atoms with Crippen LogP contribution in [-0.4, -0.2) is 60.7 Å². The van der Waals surface area contributed by atoms with Gasteiger partial charge in [-0.05, 0) is 48.5 Å². The van der Waals surface area contributed by atoms with Crippen LogP contribution < -0.4 is 5.09 Å². The van der Waals surface area contributed by atoms with Gasteiger partial charge in [-0.3, -0.25) is 9.36 Å². The number of esters is 1. The minimum absolute atomic E-state index is 0.227. The largest absolute Gasteiger partial charge is 0.462 e. The molecule has 0 spiro atoms. The fraction of sp³-hybridized carbons (Fsp3) is 0.875. The van der Waals surface area contributed by atoms with Crippen LogP contribution in [-0.2, 0) is 23.4 Å². The Hall–Kier alpha value is -0.760. The van der Waals surface area contributed by atoms with Gasteiger partial charge >= 0.3 is 18.8 Å². The van der Waals surface area contributed by atoms with Crippen LogP contribution in [0.2, 0.25) is 0 Å². The van der Waals surface area contributed by atoms with E-state index in [0.717, 1.165) is 11.4 Å².